The van der Waals surface area contributed by atoms with Crippen LogP contribution < -0.4 is 15.4 Å². The summed E-state index contributed by atoms with van der Waals surface area (Å²) in [5, 5.41) is 5.69. The van der Waals surface area contributed by atoms with Gasteiger partial charge in [-0.05, 0) is 36.6 Å². The van der Waals surface area contributed by atoms with Gasteiger partial charge in [-0.3, -0.25) is 14.4 Å². The first kappa shape index (κ1) is 25.7. The number of nitrogens with zero attached hydrogens (tertiary/aromatic N) is 1. The summed E-state index contributed by atoms with van der Waals surface area (Å²) in [5.74, 6) is -0.00162. The Labute approximate surface area is 211 Å². The van der Waals surface area contributed by atoms with Gasteiger partial charge in [-0.15, -0.1) is 0 Å². The molecule has 0 spiro atoms. The lowest BCUT2D eigenvalue weighted by molar-refractivity contribution is -0.134. The van der Waals surface area contributed by atoms with Crippen molar-refractivity contribution < 1.29 is 28.6 Å². The fourth-order valence-corrected chi connectivity index (χ4v) is 4.66. The molecular weight excluding hydrogens is 462 g/mol. The third-order valence-corrected chi connectivity index (χ3v) is 6.54. The second-order valence-electron chi connectivity index (χ2n) is 9.14. The van der Waals surface area contributed by atoms with Gasteiger partial charge >= 0.3 is 0 Å². The van der Waals surface area contributed by atoms with Crippen molar-refractivity contribution in [2.45, 2.75) is 43.9 Å². The average molecular weight is 496 g/mol. The summed E-state index contributed by atoms with van der Waals surface area (Å²) >= 11 is 0. The standard InChI is InChI=1S/C27H33N3O6/c1-30-22-10-9-20(16-25(31)28-12-13-34-2)36-24(22)17-35-23-11-8-19(15-21(23)27(30)33)29-26(32)14-18-6-4-3-5-7-18/h3-8,11,15,20,22,24H,9-10,12-14,16-17H2,1-2H3,(H,28,31)(H,29,32)/t20-,22-,24-/m0/s1. The number of hydrogen-bond donors (Lipinski definition) is 2. The van der Waals surface area contributed by atoms with Crippen molar-refractivity contribution in [2.75, 3.05) is 39.2 Å². The maximum Gasteiger partial charge on any atom is 0.257 e. The highest BCUT2D eigenvalue weighted by molar-refractivity contribution is 6.00. The van der Waals surface area contributed by atoms with E-state index >= 15 is 0 Å². The van der Waals surface area contributed by atoms with Crippen LogP contribution in [-0.4, -0.2) is 74.8 Å². The maximum atomic E-state index is 13.4. The van der Waals surface area contributed by atoms with Gasteiger partial charge in [0.2, 0.25) is 11.8 Å². The van der Waals surface area contributed by atoms with Gasteiger partial charge in [0.05, 0.1) is 37.2 Å². The summed E-state index contributed by atoms with van der Waals surface area (Å²) in [5.41, 5.74) is 1.85. The second-order valence-corrected chi connectivity index (χ2v) is 9.14. The van der Waals surface area contributed by atoms with E-state index in [1.807, 2.05) is 30.3 Å². The quantitative estimate of drug-likeness (QED) is 0.545. The Morgan fingerprint density at radius 2 is 1.92 bits per heavy atom. The normalized spacial score (nSPS) is 21.3. The predicted molar refractivity (Wildman–Crippen MR) is 134 cm³/mol. The van der Waals surface area contributed by atoms with Crippen LogP contribution in [0, 0.1) is 0 Å². The number of carbonyl (C=O) groups is 3. The highest BCUT2D eigenvalue weighted by Crippen LogP contribution is 2.32. The van der Waals surface area contributed by atoms with Crippen LogP contribution in [0.15, 0.2) is 48.5 Å². The molecule has 2 aromatic carbocycles. The number of carbonyl (C=O) groups excluding carboxylic acids is 3. The molecule has 0 aromatic heterocycles. The van der Waals surface area contributed by atoms with Crippen molar-refractivity contribution in [1.29, 1.82) is 0 Å². The number of amides is 3. The number of anilines is 1. The van der Waals surface area contributed by atoms with Crippen LogP contribution in [0.2, 0.25) is 0 Å². The number of methoxy groups -OCH3 is 1. The molecular formula is C27H33N3O6. The number of fused-ring (bicyclic) bond motifs is 2. The van der Waals surface area contributed by atoms with Crippen molar-refractivity contribution in [3.05, 3.63) is 59.7 Å². The monoisotopic (exact) mass is 495 g/mol. The van der Waals surface area contributed by atoms with Gasteiger partial charge in [-0.25, -0.2) is 0 Å². The number of likely N-dealkylation sites (N-methyl/N-ethyl adjacent to an activating group) is 1. The Bertz CT molecular complexity index is 1080. The van der Waals surface area contributed by atoms with Crippen LogP contribution in [0.4, 0.5) is 5.69 Å². The lowest BCUT2D eigenvalue weighted by atomic mass is 9.94. The van der Waals surface area contributed by atoms with E-state index in [0.717, 1.165) is 5.56 Å². The fraction of sp³-hybridized carbons (Fsp3) is 0.444. The van der Waals surface area contributed by atoms with Crippen LogP contribution in [-0.2, 0) is 25.5 Å². The van der Waals surface area contributed by atoms with Gasteiger partial charge in [0.1, 0.15) is 18.5 Å². The molecule has 0 aliphatic carbocycles. The molecule has 2 N–H and O–H groups in total. The summed E-state index contributed by atoms with van der Waals surface area (Å²) in [7, 11) is 3.35. The van der Waals surface area contributed by atoms with E-state index in [9.17, 15) is 14.4 Å². The van der Waals surface area contributed by atoms with E-state index in [4.69, 9.17) is 14.2 Å². The van der Waals surface area contributed by atoms with Gasteiger partial charge in [0, 0.05) is 26.4 Å². The molecule has 2 aliphatic heterocycles. The molecule has 4 rings (SSSR count). The smallest absolute Gasteiger partial charge is 0.257 e. The Balaban J connectivity index is 1.40. The number of rotatable bonds is 8. The highest BCUT2D eigenvalue weighted by Gasteiger charge is 2.39. The zero-order valence-corrected chi connectivity index (χ0v) is 20.7. The van der Waals surface area contributed by atoms with E-state index in [0.29, 0.717) is 43.0 Å². The highest BCUT2D eigenvalue weighted by atomic mass is 16.5. The van der Waals surface area contributed by atoms with E-state index in [1.54, 1.807) is 37.3 Å². The van der Waals surface area contributed by atoms with Crippen molar-refractivity contribution in [2.24, 2.45) is 0 Å². The van der Waals surface area contributed by atoms with E-state index < -0.39 is 0 Å². The molecule has 1 fully saturated rings. The summed E-state index contributed by atoms with van der Waals surface area (Å²) in [6, 6.07) is 14.4. The molecule has 2 aliphatic rings. The maximum absolute atomic E-state index is 13.4. The van der Waals surface area contributed by atoms with Crippen molar-refractivity contribution in [3.8, 4) is 5.75 Å². The van der Waals surface area contributed by atoms with Crippen LogP contribution >= 0.6 is 0 Å². The Kier molecular flexibility index (Phi) is 8.56. The third-order valence-electron chi connectivity index (χ3n) is 6.54. The molecule has 2 heterocycles. The first-order valence-corrected chi connectivity index (χ1v) is 12.2. The summed E-state index contributed by atoms with van der Waals surface area (Å²) in [6.45, 7) is 1.18. The van der Waals surface area contributed by atoms with Gasteiger partial charge in [0.25, 0.3) is 5.91 Å². The minimum absolute atomic E-state index is 0.0844. The molecule has 1 saturated heterocycles. The number of hydrogen-bond acceptors (Lipinski definition) is 6. The zero-order valence-electron chi connectivity index (χ0n) is 20.7. The Morgan fingerprint density at radius 1 is 1.11 bits per heavy atom. The third kappa shape index (κ3) is 6.41. The van der Waals surface area contributed by atoms with E-state index in [1.165, 1.54) is 0 Å². The molecule has 192 valence electrons. The topological polar surface area (TPSA) is 106 Å². The second kappa shape index (κ2) is 12.0. The zero-order chi connectivity index (χ0) is 25.5. The van der Waals surface area contributed by atoms with E-state index in [2.05, 4.69) is 10.6 Å². The first-order valence-electron chi connectivity index (χ1n) is 12.2. The average Bonchev–Trinajstić information content (AvgIpc) is 2.87. The van der Waals surface area contributed by atoms with Gasteiger partial charge in [-0.1, -0.05) is 30.3 Å². The number of nitrogens with one attached hydrogen (secondary N) is 2. The molecule has 0 unspecified atom stereocenters. The molecule has 0 saturated carbocycles. The Hall–Kier alpha value is -3.43. The first-order chi connectivity index (χ1) is 17.4. The molecule has 3 atom stereocenters. The molecule has 2 aromatic rings. The summed E-state index contributed by atoms with van der Waals surface area (Å²) < 4.78 is 17.2. The summed E-state index contributed by atoms with van der Waals surface area (Å²) in [6.07, 6.45) is 1.29. The largest absolute Gasteiger partial charge is 0.490 e. The number of ether oxygens (including phenoxy) is 3. The van der Waals surface area contributed by atoms with Crippen molar-refractivity contribution in [3.63, 3.8) is 0 Å². The Morgan fingerprint density at radius 3 is 2.69 bits per heavy atom. The van der Waals surface area contributed by atoms with Crippen LogP contribution in [0.5, 0.6) is 5.75 Å². The molecule has 9 heteroatoms. The van der Waals surface area contributed by atoms with Crippen LogP contribution in [0.1, 0.15) is 35.2 Å². The van der Waals surface area contributed by atoms with Crippen LogP contribution in [0.3, 0.4) is 0 Å². The molecule has 0 radical (unpaired) electrons. The minimum atomic E-state index is -0.345. The van der Waals surface area contributed by atoms with Crippen molar-refractivity contribution >= 4 is 23.4 Å². The summed E-state index contributed by atoms with van der Waals surface area (Å²) in [4.78, 5) is 39.8. The van der Waals surface area contributed by atoms with Gasteiger partial charge < -0.3 is 29.7 Å². The number of benzene rings is 2. The van der Waals surface area contributed by atoms with Crippen LogP contribution in [0.25, 0.3) is 0 Å². The van der Waals surface area contributed by atoms with Crippen molar-refractivity contribution in [1.82, 2.24) is 10.2 Å². The molecule has 0 bridgehead atoms. The van der Waals surface area contributed by atoms with Gasteiger partial charge in [-0.2, -0.15) is 0 Å². The SMILES string of the molecule is COCCNC(=O)C[C@@H]1CC[C@H]2[C@H](COc3ccc(NC(=O)Cc4ccccc4)cc3C(=O)N2C)O1. The van der Waals surface area contributed by atoms with E-state index in [-0.39, 0.29) is 55.4 Å². The molecule has 3 amide bonds. The molecule has 9 nitrogen and oxygen atoms in total. The lowest BCUT2D eigenvalue weighted by Crippen LogP contribution is -2.54. The van der Waals surface area contributed by atoms with Gasteiger partial charge in [0.15, 0.2) is 0 Å². The lowest BCUT2D eigenvalue weighted by Gasteiger charge is -2.42. The molecule has 36 heavy (non-hydrogen) atoms. The fourth-order valence-electron chi connectivity index (χ4n) is 4.66. The minimum Gasteiger partial charge on any atom is -0.490 e. The predicted octanol–water partition coefficient (Wildman–Crippen LogP) is 2.40.